The molecule has 11 heteroatoms. The first-order valence-corrected chi connectivity index (χ1v) is 10.8. The molecule has 0 radical (unpaired) electrons. The van der Waals surface area contributed by atoms with Gasteiger partial charge in [-0.1, -0.05) is 24.3 Å². The van der Waals surface area contributed by atoms with Gasteiger partial charge in [0.2, 0.25) is 5.43 Å². The van der Waals surface area contributed by atoms with Crippen molar-refractivity contribution in [3.63, 3.8) is 0 Å². The highest BCUT2D eigenvalue weighted by atomic mass is 19.4. The molecule has 0 unspecified atom stereocenters. The number of piperazine rings is 1. The molecular formula is C24H21F4N3O4. The lowest BCUT2D eigenvalue weighted by molar-refractivity contribution is -0.192. The SMILES string of the molecule is O=C(O)C(F)(F)F.O=C(c1cn2c3c(cccc3c1=O)CC2)N1CCN(c2ccccc2F)CC1. The largest absolute Gasteiger partial charge is 0.490 e. The summed E-state index contributed by atoms with van der Waals surface area (Å²) in [4.78, 5) is 38.6. The third-order valence-electron chi connectivity index (χ3n) is 6.04. The highest BCUT2D eigenvalue weighted by molar-refractivity contribution is 5.98. The van der Waals surface area contributed by atoms with Gasteiger partial charge in [-0.2, -0.15) is 13.2 Å². The molecule has 1 N–H and O–H groups in total. The Balaban J connectivity index is 0.000000364. The number of aromatic nitrogens is 1. The molecule has 0 saturated carbocycles. The van der Waals surface area contributed by atoms with E-state index in [0.717, 1.165) is 24.0 Å². The van der Waals surface area contributed by atoms with Crippen molar-refractivity contribution in [3.8, 4) is 0 Å². The average Bonchev–Trinajstić information content (AvgIpc) is 3.25. The quantitative estimate of drug-likeness (QED) is 0.557. The van der Waals surface area contributed by atoms with Gasteiger partial charge in [-0.15, -0.1) is 0 Å². The van der Waals surface area contributed by atoms with E-state index in [2.05, 4.69) is 0 Å². The predicted molar refractivity (Wildman–Crippen MR) is 120 cm³/mol. The van der Waals surface area contributed by atoms with E-state index in [1.54, 1.807) is 29.3 Å². The van der Waals surface area contributed by atoms with Crippen LogP contribution in [-0.2, 0) is 17.8 Å². The van der Waals surface area contributed by atoms with Crippen molar-refractivity contribution < 1.29 is 32.3 Å². The third-order valence-corrected chi connectivity index (χ3v) is 6.04. The van der Waals surface area contributed by atoms with Gasteiger partial charge >= 0.3 is 12.1 Å². The maximum absolute atomic E-state index is 14.0. The van der Waals surface area contributed by atoms with E-state index in [1.807, 2.05) is 27.7 Å². The summed E-state index contributed by atoms with van der Waals surface area (Å²) in [6.07, 6.45) is -2.48. The fourth-order valence-electron chi connectivity index (χ4n) is 4.34. The average molecular weight is 491 g/mol. The van der Waals surface area contributed by atoms with Crippen molar-refractivity contribution >= 4 is 28.5 Å². The van der Waals surface area contributed by atoms with E-state index >= 15 is 0 Å². The van der Waals surface area contributed by atoms with Gasteiger partial charge in [-0.25, -0.2) is 9.18 Å². The minimum Gasteiger partial charge on any atom is -0.475 e. The lowest BCUT2D eigenvalue weighted by Crippen LogP contribution is -2.49. The Morgan fingerprint density at radius 3 is 2.20 bits per heavy atom. The summed E-state index contributed by atoms with van der Waals surface area (Å²) in [6.45, 7) is 2.80. The molecule has 7 nitrogen and oxygen atoms in total. The molecule has 2 aliphatic heterocycles. The van der Waals surface area contributed by atoms with Crippen molar-refractivity contribution in [1.29, 1.82) is 0 Å². The van der Waals surface area contributed by atoms with E-state index in [1.165, 1.54) is 6.07 Å². The van der Waals surface area contributed by atoms with Crippen LogP contribution < -0.4 is 10.3 Å². The predicted octanol–water partition coefficient (Wildman–Crippen LogP) is 3.29. The number of para-hydroxylation sites is 2. The van der Waals surface area contributed by atoms with Gasteiger partial charge in [-0.05, 0) is 30.2 Å². The van der Waals surface area contributed by atoms with Gasteiger partial charge in [0, 0.05) is 44.3 Å². The zero-order valence-electron chi connectivity index (χ0n) is 18.4. The fourth-order valence-corrected chi connectivity index (χ4v) is 4.34. The normalized spacial score (nSPS) is 15.1. The van der Waals surface area contributed by atoms with Crippen LogP contribution in [0.4, 0.5) is 23.2 Å². The van der Waals surface area contributed by atoms with E-state index in [4.69, 9.17) is 9.90 Å². The van der Waals surface area contributed by atoms with Gasteiger partial charge in [0.05, 0.1) is 11.2 Å². The topological polar surface area (TPSA) is 82.8 Å². The minimum atomic E-state index is -5.08. The third kappa shape index (κ3) is 4.84. The maximum Gasteiger partial charge on any atom is 0.490 e. The Morgan fingerprint density at radius 1 is 0.914 bits per heavy atom. The summed E-state index contributed by atoms with van der Waals surface area (Å²) >= 11 is 0. The summed E-state index contributed by atoms with van der Waals surface area (Å²) in [5.41, 5.74) is 2.70. The van der Waals surface area contributed by atoms with Crippen LogP contribution in [0.2, 0.25) is 0 Å². The van der Waals surface area contributed by atoms with E-state index in [-0.39, 0.29) is 22.7 Å². The number of halogens is 4. The second-order valence-corrected chi connectivity index (χ2v) is 8.16. The summed E-state index contributed by atoms with van der Waals surface area (Å²) in [5.74, 6) is -3.25. The molecule has 0 bridgehead atoms. The van der Waals surface area contributed by atoms with Crippen molar-refractivity contribution in [3.05, 3.63) is 75.8 Å². The molecule has 1 aromatic heterocycles. The number of aryl methyl sites for hydroxylation is 2. The molecule has 2 aliphatic rings. The summed E-state index contributed by atoms with van der Waals surface area (Å²) in [6, 6.07) is 12.4. The number of hydrogen-bond donors (Lipinski definition) is 1. The summed E-state index contributed by atoms with van der Waals surface area (Å²) in [5, 5.41) is 7.74. The van der Waals surface area contributed by atoms with Crippen molar-refractivity contribution in [1.82, 2.24) is 9.47 Å². The maximum atomic E-state index is 14.0. The van der Waals surface area contributed by atoms with Crippen molar-refractivity contribution in [2.45, 2.75) is 19.1 Å². The number of carboxylic acids is 1. The van der Waals surface area contributed by atoms with Gasteiger partial charge in [0.1, 0.15) is 11.4 Å². The number of carbonyl (C=O) groups is 2. The number of carboxylic acid groups (broad SMARTS) is 1. The minimum absolute atomic E-state index is 0.198. The molecule has 0 aliphatic carbocycles. The molecule has 3 aromatic rings. The van der Waals surface area contributed by atoms with Crippen LogP contribution in [0.1, 0.15) is 15.9 Å². The molecule has 0 atom stereocenters. The monoisotopic (exact) mass is 491 g/mol. The summed E-state index contributed by atoms with van der Waals surface area (Å²) in [7, 11) is 0. The Kier molecular flexibility index (Phi) is 6.51. The van der Waals surface area contributed by atoms with Gasteiger partial charge in [-0.3, -0.25) is 9.59 Å². The van der Waals surface area contributed by atoms with Crippen LogP contribution in [0.5, 0.6) is 0 Å². The molecule has 1 saturated heterocycles. The number of benzene rings is 2. The van der Waals surface area contributed by atoms with Crippen molar-refractivity contribution in [2.75, 3.05) is 31.1 Å². The molecule has 3 heterocycles. The molecule has 1 fully saturated rings. The van der Waals surface area contributed by atoms with E-state index in [9.17, 15) is 27.2 Å². The van der Waals surface area contributed by atoms with Gasteiger partial charge in [0.25, 0.3) is 5.91 Å². The van der Waals surface area contributed by atoms with Crippen LogP contribution in [0.15, 0.2) is 53.5 Å². The smallest absolute Gasteiger partial charge is 0.475 e. The zero-order chi connectivity index (χ0) is 25.3. The van der Waals surface area contributed by atoms with Gasteiger partial charge < -0.3 is 19.5 Å². The first kappa shape index (κ1) is 24.2. The van der Waals surface area contributed by atoms with E-state index < -0.39 is 12.1 Å². The zero-order valence-corrected chi connectivity index (χ0v) is 18.4. The van der Waals surface area contributed by atoms with Crippen LogP contribution in [0.25, 0.3) is 10.9 Å². The second kappa shape index (κ2) is 9.40. The number of nitrogens with zero attached hydrogens (tertiary/aromatic N) is 3. The Morgan fingerprint density at radius 2 is 1.57 bits per heavy atom. The second-order valence-electron chi connectivity index (χ2n) is 8.16. The number of amides is 1. The number of anilines is 1. The standard InChI is InChI=1S/C22H20FN3O2.C2HF3O2/c23-18-6-1-2-7-19(18)24-10-12-25(13-11-24)22(28)17-14-26-9-8-15-4-3-5-16(20(15)26)21(17)27;3-2(4,5)1(6)7/h1-7,14H,8-13H2;(H,6,7). The Labute approximate surface area is 196 Å². The van der Waals surface area contributed by atoms with Crippen molar-refractivity contribution in [2.24, 2.45) is 0 Å². The number of alkyl halides is 3. The van der Waals surface area contributed by atoms with Crippen LogP contribution >= 0.6 is 0 Å². The highest BCUT2D eigenvalue weighted by Gasteiger charge is 2.38. The Hall–Kier alpha value is -3.89. The van der Waals surface area contributed by atoms with Crippen LogP contribution in [0.3, 0.4) is 0 Å². The molecular weight excluding hydrogens is 470 g/mol. The molecule has 0 spiro atoms. The Bertz CT molecular complexity index is 1340. The first-order valence-electron chi connectivity index (χ1n) is 10.8. The molecule has 184 valence electrons. The lowest BCUT2D eigenvalue weighted by Gasteiger charge is -2.36. The molecule has 2 aromatic carbocycles. The van der Waals surface area contributed by atoms with Crippen LogP contribution in [0, 0.1) is 5.82 Å². The number of carbonyl (C=O) groups excluding carboxylic acids is 1. The van der Waals surface area contributed by atoms with Gasteiger partial charge in [0.15, 0.2) is 0 Å². The lowest BCUT2D eigenvalue weighted by atomic mass is 10.1. The molecule has 35 heavy (non-hydrogen) atoms. The number of rotatable bonds is 2. The first-order chi connectivity index (χ1) is 16.6. The number of aliphatic carboxylic acids is 1. The van der Waals surface area contributed by atoms with E-state index in [0.29, 0.717) is 37.3 Å². The number of pyridine rings is 1. The summed E-state index contributed by atoms with van der Waals surface area (Å²) < 4.78 is 47.8. The fraction of sp³-hybridized carbons (Fsp3) is 0.292. The highest BCUT2D eigenvalue weighted by Crippen LogP contribution is 2.25. The number of hydrogen-bond acceptors (Lipinski definition) is 4. The molecule has 1 amide bonds. The van der Waals surface area contributed by atoms with Crippen LogP contribution in [-0.4, -0.2) is 58.8 Å². The molecule has 5 rings (SSSR count).